The number of carbonyl (C=O) groups excluding carboxylic acids is 2. The van der Waals surface area contributed by atoms with Gasteiger partial charge in [0.25, 0.3) is 18.3 Å². The molecule has 204 valence electrons. The van der Waals surface area contributed by atoms with E-state index < -0.39 is 78.9 Å². The van der Waals surface area contributed by atoms with E-state index >= 15 is 0 Å². The minimum Gasteiger partial charge on any atom is -0.461 e. The van der Waals surface area contributed by atoms with Gasteiger partial charge in [0, 0.05) is 29.8 Å². The maximum atomic E-state index is 14.1. The van der Waals surface area contributed by atoms with Crippen LogP contribution in [0.4, 0.5) is 36.6 Å². The quantitative estimate of drug-likeness (QED) is 0.320. The molecule has 0 bridgehead atoms. The maximum absolute atomic E-state index is 14.1. The van der Waals surface area contributed by atoms with Gasteiger partial charge in [-0.15, -0.1) is 11.3 Å². The molecule has 0 aromatic carbocycles. The number of hydrogen-bond acceptors (Lipinski definition) is 7. The highest BCUT2D eigenvalue weighted by Gasteiger charge is 2.46. The van der Waals surface area contributed by atoms with Crippen LogP contribution in [0.15, 0.2) is 12.3 Å². The highest BCUT2D eigenvalue weighted by molar-refractivity contribution is 7.17. The molecule has 0 aliphatic carbocycles. The summed E-state index contributed by atoms with van der Waals surface area (Å²) in [7, 11) is 0. The first-order valence-electron chi connectivity index (χ1n) is 11.2. The molecule has 1 N–H and O–H groups in total. The number of esters is 1. The normalized spacial score (nSPS) is 18.2. The summed E-state index contributed by atoms with van der Waals surface area (Å²) in [4.78, 5) is 33.8. The predicted molar refractivity (Wildman–Crippen MR) is 120 cm³/mol. The molecule has 0 saturated carbocycles. The first-order valence-corrected chi connectivity index (χ1v) is 12.0. The summed E-state index contributed by atoms with van der Waals surface area (Å²) in [5.74, 6) is -5.64. The molecule has 0 spiro atoms. The van der Waals surface area contributed by atoms with Crippen LogP contribution in [-0.4, -0.2) is 64.1 Å². The Bertz CT molecular complexity index is 1160. The minimum absolute atomic E-state index is 0.0611. The van der Waals surface area contributed by atoms with Gasteiger partial charge in [-0.1, -0.05) is 6.92 Å². The third-order valence-electron chi connectivity index (χ3n) is 5.61. The second-order valence-electron chi connectivity index (χ2n) is 8.36. The highest BCUT2D eigenvalue weighted by atomic mass is 32.1. The number of ether oxygens (including phenoxy) is 1. The van der Waals surface area contributed by atoms with Crippen molar-refractivity contribution in [2.45, 2.75) is 64.2 Å². The van der Waals surface area contributed by atoms with Crippen LogP contribution in [0, 0.1) is 0 Å². The van der Waals surface area contributed by atoms with Crippen LogP contribution >= 0.6 is 11.3 Å². The molecular formula is C22H23F7N4O3S. The number of thiazole rings is 1. The van der Waals surface area contributed by atoms with Crippen LogP contribution in [0.25, 0.3) is 10.4 Å². The summed E-state index contributed by atoms with van der Waals surface area (Å²) < 4.78 is 100. The average Bonchev–Trinajstić information content (AvgIpc) is 3.36. The van der Waals surface area contributed by atoms with Gasteiger partial charge in [-0.3, -0.25) is 4.79 Å². The van der Waals surface area contributed by atoms with Crippen molar-refractivity contribution in [2.24, 2.45) is 0 Å². The lowest BCUT2D eigenvalue weighted by molar-refractivity contribution is -0.142. The van der Waals surface area contributed by atoms with Gasteiger partial charge in [0.15, 0.2) is 0 Å². The zero-order valence-corrected chi connectivity index (χ0v) is 20.7. The molecule has 2 atom stereocenters. The fourth-order valence-corrected chi connectivity index (χ4v) is 4.84. The fraction of sp³-hybridized carbons (Fsp3) is 0.545. The lowest BCUT2D eigenvalue weighted by Crippen LogP contribution is -2.36. The van der Waals surface area contributed by atoms with Crippen LogP contribution in [0.5, 0.6) is 0 Å². The lowest BCUT2D eigenvalue weighted by Gasteiger charge is -2.22. The number of anilines is 1. The van der Waals surface area contributed by atoms with E-state index in [0.717, 1.165) is 11.1 Å². The Morgan fingerprint density at radius 1 is 1.30 bits per heavy atom. The van der Waals surface area contributed by atoms with Crippen molar-refractivity contribution < 1.29 is 45.1 Å². The van der Waals surface area contributed by atoms with Crippen LogP contribution in [-0.2, 0) is 4.74 Å². The average molecular weight is 557 g/mol. The molecule has 1 saturated heterocycles. The van der Waals surface area contributed by atoms with E-state index in [9.17, 15) is 40.3 Å². The number of nitrogens with zero attached hydrogens (tertiary/aromatic N) is 3. The Kier molecular flexibility index (Phi) is 8.34. The molecule has 37 heavy (non-hydrogen) atoms. The van der Waals surface area contributed by atoms with E-state index in [4.69, 9.17) is 4.74 Å². The number of pyridine rings is 1. The second kappa shape index (κ2) is 10.8. The van der Waals surface area contributed by atoms with Crippen molar-refractivity contribution >= 4 is 29.0 Å². The summed E-state index contributed by atoms with van der Waals surface area (Å²) in [6, 6.07) is -2.25. The molecule has 0 radical (unpaired) electrons. The number of alkyl halides is 7. The molecule has 1 amide bonds. The zero-order valence-electron chi connectivity index (χ0n) is 19.8. The van der Waals surface area contributed by atoms with E-state index in [1.807, 2.05) is 0 Å². The highest BCUT2D eigenvalue weighted by Crippen LogP contribution is 2.40. The molecule has 2 aromatic heterocycles. The number of carbonyl (C=O) groups is 2. The predicted octanol–water partition coefficient (Wildman–Crippen LogP) is 5.94. The second-order valence-corrected chi connectivity index (χ2v) is 9.36. The van der Waals surface area contributed by atoms with Crippen LogP contribution in [0.1, 0.15) is 65.9 Å². The smallest absolute Gasteiger partial charge is 0.408 e. The van der Waals surface area contributed by atoms with Gasteiger partial charge in [-0.05, 0) is 26.3 Å². The number of likely N-dealkylation sites (tertiary alicyclic amines) is 1. The standard InChI is InChI=1S/C22H23F7N4O3S/c1-4-13(22(27,28)29)31-14-6-11(17(23)24)12(8-30-14)16-15(32-18(37-16)20(35)36-5-2)19(34)33-9-21(25,26)7-10(33)3/h6,8,10,13,17H,4-5,7,9H2,1-3H3,(H,30,31). The van der Waals surface area contributed by atoms with Crippen molar-refractivity contribution in [1.82, 2.24) is 14.9 Å². The first kappa shape index (κ1) is 28.6. The van der Waals surface area contributed by atoms with Crippen LogP contribution in [0.3, 0.4) is 0 Å². The summed E-state index contributed by atoms with van der Waals surface area (Å²) in [6.45, 7) is 3.14. The molecule has 1 fully saturated rings. The Morgan fingerprint density at radius 3 is 2.49 bits per heavy atom. The SMILES string of the molecule is CCOC(=O)c1nc(C(=O)N2CC(F)(F)CC2C)c(-c2cnc(NC(CC)C(F)(F)F)cc2C(F)F)s1. The number of halogens is 7. The summed E-state index contributed by atoms with van der Waals surface area (Å²) in [5.41, 5.74) is -1.71. The summed E-state index contributed by atoms with van der Waals surface area (Å²) >= 11 is 0.515. The van der Waals surface area contributed by atoms with Gasteiger partial charge in [0.1, 0.15) is 17.6 Å². The Hall–Kier alpha value is -2.97. The molecule has 3 rings (SSSR count). The van der Waals surface area contributed by atoms with Crippen molar-refractivity contribution in [3.8, 4) is 10.4 Å². The van der Waals surface area contributed by atoms with E-state index in [1.54, 1.807) is 0 Å². The molecule has 2 aromatic rings. The minimum atomic E-state index is -4.67. The van der Waals surface area contributed by atoms with Gasteiger partial charge in [0.05, 0.1) is 18.0 Å². The van der Waals surface area contributed by atoms with Crippen LogP contribution < -0.4 is 5.32 Å². The van der Waals surface area contributed by atoms with Gasteiger partial charge < -0.3 is 15.0 Å². The van der Waals surface area contributed by atoms with Crippen LogP contribution in [0.2, 0.25) is 0 Å². The fourth-order valence-electron chi connectivity index (χ4n) is 3.86. The van der Waals surface area contributed by atoms with Gasteiger partial charge in [-0.25, -0.2) is 32.3 Å². The van der Waals surface area contributed by atoms with E-state index in [2.05, 4.69) is 15.3 Å². The monoisotopic (exact) mass is 556 g/mol. The number of amides is 1. The molecular weight excluding hydrogens is 533 g/mol. The Labute approximate surface area is 211 Å². The van der Waals surface area contributed by atoms with E-state index in [0.29, 0.717) is 17.4 Å². The number of rotatable bonds is 8. The summed E-state index contributed by atoms with van der Waals surface area (Å²) in [5, 5.41) is 1.68. The lowest BCUT2D eigenvalue weighted by atomic mass is 10.1. The van der Waals surface area contributed by atoms with E-state index in [1.165, 1.54) is 20.8 Å². The Morgan fingerprint density at radius 2 is 1.97 bits per heavy atom. The molecule has 15 heteroatoms. The molecule has 2 unspecified atom stereocenters. The zero-order chi connectivity index (χ0) is 27.7. The third kappa shape index (κ3) is 6.30. The van der Waals surface area contributed by atoms with Crippen molar-refractivity contribution in [3.05, 3.63) is 28.5 Å². The maximum Gasteiger partial charge on any atom is 0.408 e. The van der Waals surface area contributed by atoms with Crippen molar-refractivity contribution in [2.75, 3.05) is 18.5 Å². The van der Waals surface area contributed by atoms with Gasteiger partial charge in [-0.2, -0.15) is 13.2 Å². The number of hydrogen-bond donors (Lipinski definition) is 1. The van der Waals surface area contributed by atoms with Gasteiger partial charge in [0.2, 0.25) is 5.01 Å². The van der Waals surface area contributed by atoms with Crippen molar-refractivity contribution in [3.63, 3.8) is 0 Å². The molecule has 1 aliphatic rings. The Balaban J connectivity index is 2.11. The molecule has 7 nitrogen and oxygen atoms in total. The summed E-state index contributed by atoms with van der Waals surface area (Å²) in [6.07, 6.45) is -8.08. The largest absolute Gasteiger partial charge is 0.461 e. The molecule has 3 heterocycles. The van der Waals surface area contributed by atoms with Crippen molar-refractivity contribution in [1.29, 1.82) is 0 Å². The van der Waals surface area contributed by atoms with Gasteiger partial charge >= 0.3 is 12.1 Å². The number of nitrogens with one attached hydrogen (secondary N) is 1. The third-order valence-corrected chi connectivity index (χ3v) is 6.68. The van der Waals surface area contributed by atoms with E-state index in [-0.39, 0.29) is 22.1 Å². The number of aromatic nitrogens is 2. The first-order chi connectivity index (χ1) is 17.2. The molecule has 1 aliphatic heterocycles. The topological polar surface area (TPSA) is 84.4 Å².